The molecule has 0 fully saturated rings. The topological polar surface area (TPSA) is 118 Å². The van der Waals surface area contributed by atoms with Gasteiger partial charge in [-0.3, -0.25) is 9.59 Å². The van der Waals surface area contributed by atoms with Crippen molar-refractivity contribution >= 4 is 32.0 Å². The lowest BCUT2D eigenvalue weighted by molar-refractivity contribution is -0.0496. The van der Waals surface area contributed by atoms with Crippen molar-refractivity contribution in [3.05, 3.63) is 173 Å². The molecule has 274 valence electrons. The van der Waals surface area contributed by atoms with E-state index in [0.29, 0.717) is 22.3 Å². The third-order valence-electron chi connectivity index (χ3n) is 9.61. The Morgan fingerprint density at radius 2 is 1.00 bits per heavy atom. The van der Waals surface area contributed by atoms with Crippen molar-refractivity contribution in [2.75, 3.05) is 0 Å². The number of phenols is 2. The van der Waals surface area contributed by atoms with E-state index in [-0.39, 0.29) is 48.9 Å². The molecule has 0 saturated heterocycles. The number of aromatic hydroxyl groups is 2. The van der Waals surface area contributed by atoms with Gasteiger partial charge in [0.1, 0.15) is 11.5 Å². The maximum atomic E-state index is 14.5. The summed E-state index contributed by atoms with van der Waals surface area (Å²) >= 11 is 0. The molecule has 0 aliphatic heterocycles. The average molecular weight is 769 g/mol. The van der Waals surface area contributed by atoms with Gasteiger partial charge in [0.15, 0.2) is 11.6 Å². The molecule has 12 heteroatoms. The lowest BCUT2D eigenvalue weighted by Gasteiger charge is -2.41. The molecule has 54 heavy (non-hydrogen) atoms. The van der Waals surface area contributed by atoms with E-state index in [1.807, 2.05) is 24.3 Å². The van der Waals surface area contributed by atoms with Gasteiger partial charge in [0.05, 0.1) is 5.41 Å². The Balaban J connectivity index is 1.63. The monoisotopic (exact) mass is 768 g/mol. The van der Waals surface area contributed by atoms with Gasteiger partial charge in [-0.1, -0.05) is 78.9 Å². The number of fused-ring (bicyclic) bond motifs is 3. The number of ketones is 2. The Hall–Kier alpha value is -5.69. The van der Waals surface area contributed by atoms with Gasteiger partial charge in [-0.2, -0.15) is 25.2 Å². The summed E-state index contributed by atoms with van der Waals surface area (Å²) in [6, 6.07) is 36.5. The standard InChI is InChI=1S/C42H31F3O7S2/c1-26(46)28-7-19-34(20-8-28)53(52-54(50,51)42(43,44)45,35-21-9-29(10-22-35)27(2)47)36-23-24-38-37-5-3-4-6-39(37)41(40(38)25-36,30-11-15-32(48)16-12-30)31-13-17-33(49)18-14-31/h3-25,48-49H,1-2H3. The third kappa shape index (κ3) is 5.87. The van der Waals surface area contributed by atoms with Crippen LogP contribution in [0.15, 0.2) is 154 Å². The highest BCUT2D eigenvalue weighted by Gasteiger charge is 2.53. The van der Waals surface area contributed by atoms with Crippen LogP contribution in [0.1, 0.15) is 56.8 Å². The van der Waals surface area contributed by atoms with Crippen molar-refractivity contribution in [2.24, 2.45) is 0 Å². The molecule has 0 saturated carbocycles. The van der Waals surface area contributed by atoms with Crippen LogP contribution in [-0.4, -0.2) is 35.7 Å². The first kappa shape index (κ1) is 36.7. The highest BCUT2D eigenvalue weighted by atomic mass is 32.3. The van der Waals surface area contributed by atoms with E-state index in [9.17, 15) is 41.4 Å². The van der Waals surface area contributed by atoms with Crippen molar-refractivity contribution in [3.8, 4) is 22.6 Å². The number of benzene rings is 6. The minimum absolute atomic E-state index is 0.00269. The summed E-state index contributed by atoms with van der Waals surface area (Å²) in [7, 11) is -10.2. The molecule has 1 aliphatic carbocycles. The third-order valence-corrected chi connectivity index (χ3v) is 14.5. The minimum atomic E-state index is -6.32. The summed E-state index contributed by atoms with van der Waals surface area (Å²) in [6.45, 7) is 2.65. The molecular formula is C42H31F3O7S2. The first-order valence-electron chi connectivity index (χ1n) is 16.5. The molecule has 0 heterocycles. The van der Waals surface area contributed by atoms with Gasteiger partial charge < -0.3 is 10.2 Å². The first-order chi connectivity index (χ1) is 25.6. The smallest absolute Gasteiger partial charge is 0.508 e. The zero-order valence-electron chi connectivity index (χ0n) is 28.7. The van der Waals surface area contributed by atoms with E-state index < -0.39 is 31.4 Å². The molecular weight excluding hydrogens is 738 g/mol. The molecule has 0 aromatic heterocycles. The summed E-state index contributed by atoms with van der Waals surface area (Å²) in [5.41, 5.74) is -2.39. The second-order valence-corrected chi connectivity index (χ2v) is 17.2. The summed E-state index contributed by atoms with van der Waals surface area (Å²) in [5.74, 6) is -0.645. The lowest BCUT2D eigenvalue weighted by Crippen LogP contribution is -2.29. The van der Waals surface area contributed by atoms with Gasteiger partial charge in [0.2, 0.25) is 0 Å². The van der Waals surface area contributed by atoms with E-state index in [2.05, 4.69) is 0 Å². The van der Waals surface area contributed by atoms with Gasteiger partial charge >= 0.3 is 15.6 Å². The van der Waals surface area contributed by atoms with E-state index in [4.69, 9.17) is 3.63 Å². The highest BCUT2D eigenvalue weighted by Crippen LogP contribution is 2.72. The van der Waals surface area contributed by atoms with Gasteiger partial charge in [0.25, 0.3) is 0 Å². The van der Waals surface area contributed by atoms with E-state index in [1.165, 1.54) is 86.6 Å². The highest BCUT2D eigenvalue weighted by molar-refractivity contribution is 8.33. The zero-order chi connectivity index (χ0) is 38.6. The van der Waals surface area contributed by atoms with E-state index in [0.717, 1.165) is 11.1 Å². The van der Waals surface area contributed by atoms with Gasteiger partial charge in [-0.25, -0.2) is 0 Å². The fourth-order valence-electron chi connectivity index (χ4n) is 7.11. The quantitative estimate of drug-likeness (QED) is 0.111. The molecule has 7 nitrogen and oxygen atoms in total. The molecule has 0 atom stereocenters. The second-order valence-electron chi connectivity index (χ2n) is 12.8. The number of hydrogen-bond acceptors (Lipinski definition) is 7. The second kappa shape index (κ2) is 13.3. The van der Waals surface area contributed by atoms with Crippen LogP contribution in [-0.2, 0) is 19.2 Å². The number of carbonyl (C=O) groups excluding carboxylic acids is 2. The molecule has 0 spiro atoms. The fourth-order valence-corrected chi connectivity index (χ4v) is 11.8. The van der Waals surface area contributed by atoms with Crippen molar-refractivity contribution in [1.29, 1.82) is 0 Å². The van der Waals surface area contributed by atoms with Crippen LogP contribution >= 0.6 is 10.3 Å². The van der Waals surface area contributed by atoms with Crippen LogP contribution in [0.5, 0.6) is 11.5 Å². The van der Waals surface area contributed by atoms with E-state index >= 15 is 0 Å². The number of rotatable bonds is 9. The Labute approximate surface area is 311 Å². The van der Waals surface area contributed by atoms with Crippen LogP contribution in [0.4, 0.5) is 13.2 Å². The largest absolute Gasteiger partial charge is 0.524 e. The average Bonchev–Trinajstić information content (AvgIpc) is 3.44. The number of phenolic OH excluding ortho intramolecular Hbond substituents is 2. The Bertz CT molecular complexity index is 2430. The molecule has 6 aromatic rings. The van der Waals surface area contributed by atoms with Gasteiger partial charge in [-0.05, 0) is 118 Å². The number of alkyl halides is 3. The van der Waals surface area contributed by atoms with Crippen molar-refractivity contribution < 1.29 is 45.0 Å². The summed E-state index contributed by atoms with van der Waals surface area (Å²) in [6.07, 6.45) is 0. The molecule has 0 radical (unpaired) electrons. The summed E-state index contributed by atoms with van der Waals surface area (Å²) in [5, 5.41) is 20.7. The molecule has 0 bridgehead atoms. The Morgan fingerprint density at radius 3 is 1.44 bits per heavy atom. The Kier molecular flexibility index (Phi) is 9.04. The van der Waals surface area contributed by atoms with E-state index in [1.54, 1.807) is 42.5 Å². The predicted octanol–water partition coefficient (Wildman–Crippen LogP) is 9.93. The maximum absolute atomic E-state index is 14.5. The predicted molar refractivity (Wildman–Crippen MR) is 198 cm³/mol. The Morgan fingerprint density at radius 1 is 0.574 bits per heavy atom. The van der Waals surface area contributed by atoms with Crippen LogP contribution in [0.3, 0.4) is 0 Å². The summed E-state index contributed by atoms with van der Waals surface area (Å²) in [4.78, 5) is 24.7. The minimum Gasteiger partial charge on any atom is -0.508 e. The number of hydrogen-bond donors (Lipinski definition) is 2. The van der Waals surface area contributed by atoms with Crippen molar-refractivity contribution in [3.63, 3.8) is 0 Å². The van der Waals surface area contributed by atoms with Gasteiger partial charge in [0, 0.05) is 25.8 Å². The SMILES string of the molecule is CC(=O)c1ccc(S(OS(=O)(=O)C(F)(F)F)(c2ccc(C(C)=O)cc2)c2ccc3c(c2)C(c2ccc(O)cc2)(c2ccc(O)cc2)c2ccccc2-3)cc1. The van der Waals surface area contributed by atoms with Gasteiger partial charge in [-0.15, -0.1) is 0 Å². The fraction of sp³-hybridized carbons (Fsp3) is 0.0952. The molecule has 7 rings (SSSR count). The van der Waals surface area contributed by atoms with Crippen LogP contribution < -0.4 is 0 Å². The summed E-state index contributed by atoms with van der Waals surface area (Å²) < 4.78 is 75.5. The molecule has 1 aliphatic rings. The van der Waals surface area contributed by atoms with Crippen LogP contribution in [0.25, 0.3) is 11.1 Å². The molecule has 2 N–H and O–H groups in total. The normalized spacial score (nSPS) is 13.9. The first-order valence-corrected chi connectivity index (χ1v) is 19.5. The number of carbonyl (C=O) groups is 2. The maximum Gasteiger partial charge on any atom is 0.524 e. The lowest BCUT2D eigenvalue weighted by atomic mass is 9.67. The zero-order valence-corrected chi connectivity index (χ0v) is 30.3. The van der Waals surface area contributed by atoms with Crippen LogP contribution in [0, 0.1) is 0 Å². The molecule has 0 amide bonds. The number of Topliss-reactive ketones (excluding diaryl/α,β-unsaturated/α-hetero) is 2. The van der Waals surface area contributed by atoms with Crippen molar-refractivity contribution in [1.82, 2.24) is 0 Å². The van der Waals surface area contributed by atoms with Crippen molar-refractivity contribution in [2.45, 2.75) is 39.5 Å². The number of halogens is 3. The molecule has 0 unspecified atom stereocenters. The van der Waals surface area contributed by atoms with Crippen LogP contribution in [0.2, 0.25) is 0 Å². The molecule has 6 aromatic carbocycles.